The Kier molecular flexibility index (Phi) is 10.6. The third-order valence-corrected chi connectivity index (χ3v) is 12.1. The Morgan fingerprint density at radius 1 is 1.07 bits per heavy atom. The second-order valence-corrected chi connectivity index (χ2v) is 17.9. The number of rotatable bonds is 11. The van der Waals surface area contributed by atoms with Crippen molar-refractivity contribution < 1.29 is 32.9 Å². The molecule has 8 rings (SSSR count). The summed E-state index contributed by atoms with van der Waals surface area (Å²) in [6, 6.07) is 5.67. The molecule has 14 heteroatoms. The van der Waals surface area contributed by atoms with E-state index in [1.54, 1.807) is 11.1 Å². The molecule has 2 amide bonds. The van der Waals surface area contributed by atoms with E-state index in [1.807, 2.05) is 58.7 Å². The summed E-state index contributed by atoms with van der Waals surface area (Å²) in [5.41, 5.74) is 1.60. The molecule has 5 aliphatic rings. The van der Waals surface area contributed by atoms with E-state index in [2.05, 4.69) is 19.8 Å². The number of hydrogen-bond acceptors (Lipinski definition) is 11. The van der Waals surface area contributed by atoms with E-state index < -0.39 is 11.4 Å². The number of carbonyl (C=O) groups excluding carboxylic acids is 2. The van der Waals surface area contributed by atoms with Gasteiger partial charge in [0.2, 0.25) is 0 Å². The van der Waals surface area contributed by atoms with Crippen molar-refractivity contribution >= 4 is 17.8 Å². The fourth-order valence-corrected chi connectivity index (χ4v) is 9.50. The Morgan fingerprint density at radius 2 is 1.86 bits per heavy atom. The molecule has 57 heavy (non-hydrogen) atoms. The van der Waals surface area contributed by atoms with E-state index in [-0.39, 0.29) is 52.5 Å². The zero-order chi connectivity index (χ0) is 40.1. The average Bonchev–Trinajstić information content (AvgIpc) is 3.61. The summed E-state index contributed by atoms with van der Waals surface area (Å²) in [5, 5.41) is 0. The van der Waals surface area contributed by atoms with Crippen LogP contribution < -0.4 is 14.4 Å². The second-order valence-electron chi connectivity index (χ2n) is 17.9. The Morgan fingerprint density at radius 3 is 2.56 bits per heavy atom. The maximum Gasteiger partial charge on any atom is 0.410 e. The molecule has 4 fully saturated rings. The number of halogens is 1. The van der Waals surface area contributed by atoms with Gasteiger partial charge in [-0.15, -0.1) is 0 Å². The van der Waals surface area contributed by atoms with Crippen LogP contribution in [0.2, 0.25) is 0 Å². The summed E-state index contributed by atoms with van der Waals surface area (Å²) >= 11 is 0. The van der Waals surface area contributed by atoms with Gasteiger partial charge in [0.05, 0.1) is 29.1 Å². The highest BCUT2D eigenvalue weighted by atomic mass is 19.1. The molecule has 2 aromatic heterocycles. The molecule has 6 heterocycles. The lowest BCUT2D eigenvalue weighted by Crippen LogP contribution is -2.65. The van der Waals surface area contributed by atoms with Crippen molar-refractivity contribution in [2.24, 2.45) is 5.41 Å². The highest BCUT2D eigenvalue weighted by Gasteiger charge is 2.55. The standard InChI is InChI=1S/C43H56FN7O6/c1-7-50(28(2)3)39(52)31-19-29(44)9-10-34(31)56-36-22-45-27-47-38(36)49-23-42(24-49)20-30(21-42)55-35-11-15-46-32-12-17-51(40(53)57-41(4,5)6)33(37(32)35)13-16-48-25-43(26-48)14-8-18-54-43/h9-11,15,19,22,27-28,30,33H,7-8,12-14,16-18,20-21,23-26H2,1-6H3. The van der Waals surface area contributed by atoms with Crippen LogP contribution in [0, 0.1) is 11.2 Å². The number of likely N-dealkylation sites (tertiary alicyclic amines) is 1. The van der Waals surface area contributed by atoms with Crippen LogP contribution >= 0.6 is 0 Å². The van der Waals surface area contributed by atoms with Crippen molar-refractivity contribution in [2.75, 3.05) is 57.3 Å². The summed E-state index contributed by atoms with van der Waals surface area (Å²) in [4.78, 5) is 48.8. The van der Waals surface area contributed by atoms with Crippen molar-refractivity contribution in [3.8, 4) is 17.2 Å². The molecule has 1 unspecified atom stereocenters. The molecule has 0 N–H and O–H groups in total. The first-order valence-corrected chi connectivity index (χ1v) is 20.6. The summed E-state index contributed by atoms with van der Waals surface area (Å²) in [5.74, 6) is 1.27. The normalized spacial score (nSPS) is 21.2. The first-order valence-electron chi connectivity index (χ1n) is 20.6. The zero-order valence-corrected chi connectivity index (χ0v) is 34.1. The predicted molar refractivity (Wildman–Crippen MR) is 211 cm³/mol. The smallest absolute Gasteiger partial charge is 0.410 e. The minimum Gasteiger partial charge on any atom is -0.490 e. The van der Waals surface area contributed by atoms with Gasteiger partial charge >= 0.3 is 6.09 Å². The lowest BCUT2D eigenvalue weighted by atomic mass is 9.61. The average molecular weight is 786 g/mol. The molecule has 1 aromatic carbocycles. The lowest BCUT2D eigenvalue weighted by Gasteiger charge is -2.59. The molecule has 0 radical (unpaired) electrons. The SMILES string of the molecule is CCN(C(=O)c1cc(F)ccc1Oc1cncnc1N1CC2(CC(Oc3ccnc4c3C(CCN3CC5(CCCO5)C3)N(C(=O)OC(C)(C)C)CC4)C2)C1)C(C)C. The number of hydrogen-bond donors (Lipinski definition) is 0. The van der Waals surface area contributed by atoms with E-state index in [9.17, 15) is 14.0 Å². The van der Waals surface area contributed by atoms with Gasteiger partial charge in [0.25, 0.3) is 5.91 Å². The maximum atomic E-state index is 14.4. The first-order chi connectivity index (χ1) is 27.2. The van der Waals surface area contributed by atoms with Crippen LogP contribution in [0.4, 0.5) is 15.0 Å². The Bertz CT molecular complexity index is 1960. The molecule has 0 bridgehead atoms. The van der Waals surface area contributed by atoms with Gasteiger partial charge in [-0.1, -0.05) is 0 Å². The van der Waals surface area contributed by atoms with Crippen molar-refractivity contribution in [3.05, 3.63) is 65.6 Å². The molecule has 4 aliphatic heterocycles. The molecular formula is C43H56FN7O6. The quantitative estimate of drug-likeness (QED) is 0.204. The molecule has 2 spiro atoms. The van der Waals surface area contributed by atoms with Gasteiger partial charge < -0.3 is 33.6 Å². The van der Waals surface area contributed by atoms with Crippen molar-refractivity contribution in [2.45, 2.75) is 109 Å². The number of aromatic nitrogens is 3. The summed E-state index contributed by atoms with van der Waals surface area (Å²) in [6.45, 7) is 17.6. The van der Waals surface area contributed by atoms with E-state index >= 15 is 0 Å². The van der Waals surface area contributed by atoms with Gasteiger partial charge in [-0.25, -0.2) is 19.2 Å². The number of nitrogens with zero attached hydrogens (tertiary/aromatic N) is 7. The molecular weight excluding hydrogens is 730 g/mol. The molecule has 13 nitrogen and oxygen atoms in total. The van der Waals surface area contributed by atoms with Gasteiger partial charge in [0.1, 0.15) is 35.3 Å². The molecule has 3 saturated heterocycles. The van der Waals surface area contributed by atoms with E-state index in [0.29, 0.717) is 31.1 Å². The van der Waals surface area contributed by atoms with Crippen LogP contribution in [0.5, 0.6) is 17.2 Å². The van der Waals surface area contributed by atoms with Gasteiger partial charge in [0.15, 0.2) is 11.6 Å². The Balaban J connectivity index is 0.938. The number of carbonyl (C=O) groups is 2. The zero-order valence-electron chi connectivity index (χ0n) is 34.1. The second kappa shape index (κ2) is 15.3. The molecule has 1 saturated carbocycles. The summed E-state index contributed by atoms with van der Waals surface area (Å²) in [6.07, 6.45) is 9.98. The number of anilines is 1. The lowest BCUT2D eigenvalue weighted by molar-refractivity contribution is -0.112. The monoisotopic (exact) mass is 785 g/mol. The van der Waals surface area contributed by atoms with E-state index in [1.165, 1.54) is 24.5 Å². The number of fused-ring (bicyclic) bond motifs is 1. The number of ether oxygens (including phenoxy) is 4. The Labute approximate surface area is 334 Å². The minimum absolute atomic E-state index is 0.0150. The molecule has 3 aromatic rings. The number of benzene rings is 1. The van der Waals surface area contributed by atoms with Crippen molar-refractivity contribution in [1.29, 1.82) is 0 Å². The van der Waals surface area contributed by atoms with Crippen LogP contribution in [0.3, 0.4) is 0 Å². The van der Waals surface area contributed by atoms with Gasteiger partial charge in [0, 0.05) is 82.1 Å². The fraction of sp³-hybridized carbons (Fsp3) is 0.605. The maximum absolute atomic E-state index is 14.4. The van der Waals surface area contributed by atoms with E-state index in [4.69, 9.17) is 23.9 Å². The highest BCUT2D eigenvalue weighted by Crippen LogP contribution is 2.53. The molecule has 306 valence electrons. The first kappa shape index (κ1) is 39.3. The third kappa shape index (κ3) is 7.99. The van der Waals surface area contributed by atoms with E-state index in [0.717, 1.165) is 88.4 Å². The van der Waals surface area contributed by atoms with Crippen molar-refractivity contribution in [1.82, 2.24) is 29.7 Å². The largest absolute Gasteiger partial charge is 0.490 e. The Hall–Kier alpha value is -4.56. The van der Waals surface area contributed by atoms with Crippen LogP contribution in [0.1, 0.15) is 101 Å². The van der Waals surface area contributed by atoms with Gasteiger partial charge in [-0.05, 0) is 97.9 Å². The van der Waals surface area contributed by atoms with Gasteiger partial charge in [-0.2, -0.15) is 0 Å². The van der Waals surface area contributed by atoms with Gasteiger partial charge in [-0.3, -0.25) is 14.7 Å². The fourth-order valence-electron chi connectivity index (χ4n) is 9.50. The van der Waals surface area contributed by atoms with Crippen LogP contribution in [-0.2, 0) is 15.9 Å². The predicted octanol–water partition coefficient (Wildman–Crippen LogP) is 6.81. The summed E-state index contributed by atoms with van der Waals surface area (Å²) in [7, 11) is 0. The third-order valence-electron chi connectivity index (χ3n) is 12.1. The highest BCUT2D eigenvalue weighted by molar-refractivity contribution is 5.97. The molecule has 1 atom stereocenters. The summed E-state index contributed by atoms with van der Waals surface area (Å²) < 4.78 is 39.5. The topological polar surface area (TPSA) is 123 Å². The van der Waals surface area contributed by atoms with Crippen LogP contribution in [0.25, 0.3) is 0 Å². The van der Waals surface area contributed by atoms with Crippen LogP contribution in [-0.4, -0.2) is 117 Å². The van der Waals surface area contributed by atoms with Crippen LogP contribution in [0.15, 0.2) is 43.0 Å². The number of pyridine rings is 1. The minimum atomic E-state index is -0.609. The number of amides is 2. The van der Waals surface area contributed by atoms with Crippen molar-refractivity contribution in [3.63, 3.8) is 0 Å². The molecule has 1 aliphatic carbocycles.